The van der Waals surface area contributed by atoms with Crippen LogP contribution < -0.4 is 10.1 Å². The van der Waals surface area contributed by atoms with Crippen LogP contribution in [0.5, 0.6) is 5.75 Å². The Morgan fingerprint density at radius 3 is 2.46 bits per heavy atom. The molecule has 0 radical (unpaired) electrons. The van der Waals surface area contributed by atoms with Crippen LogP contribution in [0.25, 0.3) is 0 Å². The SMILES string of the molecule is COc1ccc(C(=O)N[C@@H](CC(=O)O)c2ccc(Cl)cc2)cc1Br. The first-order valence-corrected chi connectivity index (χ1v) is 8.19. The van der Waals surface area contributed by atoms with E-state index in [9.17, 15) is 9.59 Å². The van der Waals surface area contributed by atoms with Gasteiger partial charge in [0.1, 0.15) is 5.75 Å². The molecule has 2 rings (SSSR count). The number of carbonyl (C=O) groups excluding carboxylic acids is 1. The van der Waals surface area contributed by atoms with Crippen LogP contribution in [0.1, 0.15) is 28.4 Å². The number of carboxylic acids is 1. The predicted octanol–water partition coefficient (Wildman–Crippen LogP) is 4.06. The monoisotopic (exact) mass is 411 g/mol. The number of nitrogens with one attached hydrogen (secondary N) is 1. The molecule has 1 atom stereocenters. The van der Waals surface area contributed by atoms with E-state index in [0.29, 0.717) is 26.4 Å². The lowest BCUT2D eigenvalue weighted by Gasteiger charge is -2.18. The number of amides is 1. The van der Waals surface area contributed by atoms with E-state index in [1.54, 1.807) is 42.5 Å². The zero-order chi connectivity index (χ0) is 17.7. The third kappa shape index (κ3) is 4.72. The largest absolute Gasteiger partial charge is 0.496 e. The molecule has 7 heteroatoms. The number of methoxy groups -OCH3 is 1. The fourth-order valence-electron chi connectivity index (χ4n) is 2.17. The normalized spacial score (nSPS) is 11.6. The van der Waals surface area contributed by atoms with Crippen LogP contribution in [-0.4, -0.2) is 24.1 Å². The molecule has 5 nitrogen and oxygen atoms in total. The van der Waals surface area contributed by atoms with Crippen molar-refractivity contribution in [1.29, 1.82) is 0 Å². The molecule has 0 unspecified atom stereocenters. The molecule has 24 heavy (non-hydrogen) atoms. The predicted molar refractivity (Wildman–Crippen MR) is 94.6 cm³/mol. The summed E-state index contributed by atoms with van der Waals surface area (Å²) in [6, 6.07) is 10.9. The van der Waals surface area contributed by atoms with Gasteiger partial charge in [-0.25, -0.2) is 0 Å². The summed E-state index contributed by atoms with van der Waals surface area (Å²) in [4.78, 5) is 23.5. The number of aliphatic carboxylic acids is 1. The second-order valence-corrected chi connectivity index (χ2v) is 6.32. The maximum absolute atomic E-state index is 12.4. The van der Waals surface area contributed by atoms with Gasteiger partial charge in [-0.05, 0) is 51.8 Å². The van der Waals surface area contributed by atoms with Gasteiger partial charge in [-0.3, -0.25) is 9.59 Å². The lowest BCUT2D eigenvalue weighted by Crippen LogP contribution is -2.30. The Labute approximate surface area is 152 Å². The molecule has 0 aliphatic heterocycles. The summed E-state index contributed by atoms with van der Waals surface area (Å²) in [5.74, 6) is -0.781. The molecule has 126 valence electrons. The van der Waals surface area contributed by atoms with E-state index in [4.69, 9.17) is 21.4 Å². The molecule has 0 saturated carbocycles. The minimum absolute atomic E-state index is 0.231. The molecule has 0 fully saturated rings. The fourth-order valence-corrected chi connectivity index (χ4v) is 2.84. The first-order valence-electron chi connectivity index (χ1n) is 7.02. The summed E-state index contributed by atoms with van der Waals surface area (Å²) in [5, 5.41) is 12.4. The number of ether oxygens (including phenoxy) is 1. The number of halogens is 2. The minimum atomic E-state index is -1.01. The molecular weight excluding hydrogens is 398 g/mol. The molecule has 0 aliphatic rings. The van der Waals surface area contributed by atoms with Crippen molar-refractivity contribution in [1.82, 2.24) is 5.32 Å². The third-order valence-corrected chi connectivity index (χ3v) is 4.24. The zero-order valence-electron chi connectivity index (χ0n) is 12.8. The van der Waals surface area contributed by atoms with Gasteiger partial charge in [-0.2, -0.15) is 0 Å². The molecule has 0 aromatic heterocycles. The van der Waals surface area contributed by atoms with E-state index in [1.165, 1.54) is 7.11 Å². The van der Waals surface area contributed by atoms with Gasteiger partial charge in [0.2, 0.25) is 0 Å². The standard InChI is InChI=1S/C17H15BrClNO4/c1-24-15-7-4-11(8-13(15)18)17(23)20-14(9-16(21)22)10-2-5-12(19)6-3-10/h2-8,14H,9H2,1H3,(H,20,23)(H,21,22)/t14-/m0/s1. The van der Waals surface area contributed by atoms with E-state index >= 15 is 0 Å². The number of benzene rings is 2. The molecule has 2 N–H and O–H groups in total. The Bertz CT molecular complexity index is 749. The first-order chi connectivity index (χ1) is 11.4. The van der Waals surface area contributed by atoms with Crippen LogP contribution in [0.4, 0.5) is 0 Å². The zero-order valence-corrected chi connectivity index (χ0v) is 15.1. The highest BCUT2D eigenvalue weighted by molar-refractivity contribution is 9.10. The van der Waals surface area contributed by atoms with Crippen molar-refractivity contribution >= 4 is 39.4 Å². The first kappa shape index (κ1) is 18.3. The van der Waals surface area contributed by atoms with Gasteiger partial charge in [0, 0.05) is 10.6 Å². The lowest BCUT2D eigenvalue weighted by atomic mass is 10.0. The van der Waals surface area contributed by atoms with Gasteiger partial charge in [-0.15, -0.1) is 0 Å². The second kappa shape index (κ2) is 8.17. The van der Waals surface area contributed by atoms with Gasteiger partial charge >= 0.3 is 5.97 Å². The molecule has 0 saturated heterocycles. The topological polar surface area (TPSA) is 75.6 Å². The van der Waals surface area contributed by atoms with Crippen molar-refractivity contribution in [3.63, 3.8) is 0 Å². The summed E-state index contributed by atoms with van der Waals surface area (Å²) < 4.78 is 5.76. The van der Waals surface area contributed by atoms with Crippen LogP contribution in [0.2, 0.25) is 5.02 Å². The van der Waals surface area contributed by atoms with Crippen molar-refractivity contribution in [3.8, 4) is 5.75 Å². The van der Waals surface area contributed by atoms with Crippen molar-refractivity contribution < 1.29 is 19.4 Å². The summed E-state index contributed by atoms with van der Waals surface area (Å²) in [5.41, 5.74) is 1.06. The van der Waals surface area contributed by atoms with Crippen LogP contribution in [0.3, 0.4) is 0 Å². The molecule has 0 spiro atoms. The summed E-state index contributed by atoms with van der Waals surface area (Å²) in [6.45, 7) is 0. The van der Waals surface area contributed by atoms with Gasteiger partial charge in [0.25, 0.3) is 5.91 Å². The highest BCUT2D eigenvalue weighted by Gasteiger charge is 2.19. The Morgan fingerprint density at radius 1 is 1.25 bits per heavy atom. The van der Waals surface area contributed by atoms with E-state index in [-0.39, 0.29) is 12.3 Å². The number of carbonyl (C=O) groups is 2. The van der Waals surface area contributed by atoms with Crippen molar-refractivity contribution in [3.05, 3.63) is 63.1 Å². The lowest BCUT2D eigenvalue weighted by molar-refractivity contribution is -0.137. The van der Waals surface area contributed by atoms with Crippen molar-refractivity contribution in [2.75, 3.05) is 7.11 Å². The Hall–Kier alpha value is -2.05. The van der Waals surface area contributed by atoms with Gasteiger partial charge < -0.3 is 15.2 Å². The van der Waals surface area contributed by atoms with Crippen LogP contribution in [-0.2, 0) is 4.79 Å². The van der Waals surface area contributed by atoms with Crippen molar-refractivity contribution in [2.45, 2.75) is 12.5 Å². The van der Waals surface area contributed by atoms with E-state index < -0.39 is 12.0 Å². The maximum Gasteiger partial charge on any atom is 0.305 e. The molecule has 0 bridgehead atoms. The van der Waals surface area contributed by atoms with E-state index in [1.807, 2.05) is 0 Å². The highest BCUT2D eigenvalue weighted by Crippen LogP contribution is 2.26. The van der Waals surface area contributed by atoms with Crippen LogP contribution >= 0.6 is 27.5 Å². The molecule has 2 aromatic carbocycles. The smallest absolute Gasteiger partial charge is 0.305 e. The second-order valence-electron chi connectivity index (χ2n) is 5.02. The Morgan fingerprint density at radius 2 is 1.92 bits per heavy atom. The highest BCUT2D eigenvalue weighted by atomic mass is 79.9. The van der Waals surface area contributed by atoms with Gasteiger partial charge in [-0.1, -0.05) is 23.7 Å². The van der Waals surface area contributed by atoms with Crippen molar-refractivity contribution in [2.24, 2.45) is 0 Å². The van der Waals surface area contributed by atoms with Crippen LogP contribution in [0.15, 0.2) is 46.9 Å². The molecule has 0 aliphatic carbocycles. The Balaban J connectivity index is 2.22. The van der Waals surface area contributed by atoms with E-state index in [0.717, 1.165) is 0 Å². The molecule has 1 amide bonds. The number of hydrogen-bond acceptors (Lipinski definition) is 3. The number of hydrogen-bond donors (Lipinski definition) is 2. The summed E-state index contributed by atoms with van der Waals surface area (Å²) in [7, 11) is 1.53. The van der Waals surface area contributed by atoms with Crippen LogP contribution in [0, 0.1) is 0 Å². The van der Waals surface area contributed by atoms with E-state index in [2.05, 4.69) is 21.2 Å². The number of rotatable bonds is 6. The molecule has 2 aromatic rings. The Kier molecular flexibility index (Phi) is 6.23. The maximum atomic E-state index is 12.4. The minimum Gasteiger partial charge on any atom is -0.496 e. The fraction of sp³-hybridized carbons (Fsp3) is 0.176. The van der Waals surface area contributed by atoms with Gasteiger partial charge in [0.15, 0.2) is 0 Å². The average Bonchev–Trinajstić information content (AvgIpc) is 2.54. The summed E-state index contributed by atoms with van der Waals surface area (Å²) in [6.07, 6.45) is -0.231. The average molecular weight is 413 g/mol. The summed E-state index contributed by atoms with van der Waals surface area (Å²) >= 11 is 9.17. The van der Waals surface area contributed by atoms with Gasteiger partial charge in [0.05, 0.1) is 24.0 Å². The molecule has 0 heterocycles. The quantitative estimate of drug-likeness (QED) is 0.750. The number of carboxylic acid groups (broad SMARTS) is 1. The molecular formula is C17H15BrClNO4. The third-order valence-electron chi connectivity index (χ3n) is 3.37.